The van der Waals surface area contributed by atoms with E-state index in [-0.39, 0.29) is 0 Å². The van der Waals surface area contributed by atoms with Crippen molar-refractivity contribution in [1.82, 2.24) is 10.3 Å². The van der Waals surface area contributed by atoms with Crippen LogP contribution in [0.25, 0.3) is 0 Å². The molecule has 4 nitrogen and oxygen atoms in total. The molecule has 0 aromatic carbocycles. The molecule has 116 valence electrons. The van der Waals surface area contributed by atoms with Crippen LogP contribution in [0.2, 0.25) is 0 Å². The predicted molar refractivity (Wildman–Crippen MR) is 85.7 cm³/mol. The molecule has 1 unspecified atom stereocenters. The fraction of sp³-hybridized carbons (Fsp3) is 0.706. The highest BCUT2D eigenvalue weighted by molar-refractivity contribution is 5.47. The summed E-state index contributed by atoms with van der Waals surface area (Å²) in [6.45, 7) is 8.16. The predicted octanol–water partition coefficient (Wildman–Crippen LogP) is 2.65. The topological polar surface area (TPSA) is 37.4 Å². The van der Waals surface area contributed by atoms with Gasteiger partial charge in [0.2, 0.25) is 0 Å². The summed E-state index contributed by atoms with van der Waals surface area (Å²) in [5.41, 5.74) is 2.56. The Morgan fingerprint density at radius 3 is 2.86 bits per heavy atom. The Morgan fingerprint density at radius 1 is 1.38 bits per heavy atom. The largest absolute Gasteiger partial charge is 0.376 e. The molecule has 2 heterocycles. The molecule has 1 N–H and O–H groups in total. The molecule has 1 saturated carbocycles. The van der Waals surface area contributed by atoms with E-state index in [9.17, 15) is 0 Å². The van der Waals surface area contributed by atoms with Crippen LogP contribution >= 0.6 is 0 Å². The number of aromatic nitrogens is 1. The van der Waals surface area contributed by atoms with Gasteiger partial charge in [-0.15, -0.1) is 0 Å². The highest BCUT2D eigenvalue weighted by atomic mass is 16.5. The fourth-order valence-corrected chi connectivity index (χ4v) is 3.00. The summed E-state index contributed by atoms with van der Waals surface area (Å²) >= 11 is 0. The summed E-state index contributed by atoms with van der Waals surface area (Å²) in [5, 5.41) is 3.55. The first-order valence-corrected chi connectivity index (χ1v) is 8.31. The van der Waals surface area contributed by atoms with Gasteiger partial charge in [0, 0.05) is 38.5 Å². The van der Waals surface area contributed by atoms with Crippen LogP contribution in [0.1, 0.15) is 43.7 Å². The number of nitrogens with one attached hydrogen (secondary N) is 1. The molecule has 0 radical (unpaired) electrons. The third-order valence-corrected chi connectivity index (χ3v) is 4.41. The first-order valence-electron chi connectivity index (χ1n) is 8.31. The molecule has 2 aliphatic rings. The van der Waals surface area contributed by atoms with E-state index in [1.807, 2.05) is 6.20 Å². The molecule has 1 aliphatic carbocycles. The molecule has 1 atom stereocenters. The van der Waals surface area contributed by atoms with Gasteiger partial charge in [0.25, 0.3) is 0 Å². The molecule has 1 aromatic rings. The van der Waals surface area contributed by atoms with Crippen molar-refractivity contribution < 1.29 is 4.74 Å². The lowest BCUT2D eigenvalue weighted by Gasteiger charge is -2.26. The maximum absolute atomic E-state index is 5.76. The second-order valence-electron chi connectivity index (χ2n) is 6.31. The Labute approximate surface area is 127 Å². The molecule has 1 aliphatic heterocycles. The monoisotopic (exact) mass is 289 g/mol. The smallest absolute Gasteiger partial charge is 0.131 e. The molecule has 3 rings (SSSR count). The van der Waals surface area contributed by atoms with Gasteiger partial charge in [-0.2, -0.15) is 0 Å². The maximum atomic E-state index is 5.76. The molecule has 21 heavy (non-hydrogen) atoms. The van der Waals surface area contributed by atoms with Crippen LogP contribution in [-0.2, 0) is 11.3 Å². The van der Waals surface area contributed by atoms with Crippen molar-refractivity contribution >= 4 is 5.82 Å². The van der Waals surface area contributed by atoms with Gasteiger partial charge in [0.1, 0.15) is 5.82 Å². The van der Waals surface area contributed by atoms with Gasteiger partial charge < -0.3 is 15.0 Å². The number of hydrogen-bond donors (Lipinski definition) is 1. The zero-order chi connectivity index (χ0) is 14.7. The SMILES string of the molecule is CCN(CC1CCCO1)c1ncc(CNC2CC2)cc1C. The fourth-order valence-electron chi connectivity index (χ4n) is 3.00. The lowest BCUT2D eigenvalue weighted by atomic mass is 10.1. The third kappa shape index (κ3) is 3.95. The van der Waals surface area contributed by atoms with Gasteiger partial charge in [-0.3, -0.25) is 0 Å². The van der Waals surface area contributed by atoms with E-state index in [4.69, 9.17) is 9.72 Å². The second-order valence-corrected chi connectivity index (χ2v) is 6.31. The highest BCUT2D eigenvalue weighted by Crippen LogP contribution is 2.22. The lowest BCUT2D eigenvalue weighted by molar-refractivity contribution is 0.115. The first kappa shape index (κ1) is 14.8. The zero-order valence-electron chi connectivity index (χ0n) is 13.3. The minimum atomic E-state index is 0.377. The van der Waals surface area contributed by atoms with Crippen LogP contribution in [0.5, 0.6) is 0 Å². The summed E-state index contributed by atoms with van der Waals surface area (Å²) in [6.07, 6.45) is 7.43. The molecule has 1 saturated heterocycles. The van der Waals surface area contributed by atoms with E-state index >= 15 is 0 Å². The summed E-state index contributed by atoms with van der Waals surface area (Å²) < 4.78 is 5.76. The number of pyridine rings is 1. The molecule has 4 heteroatoms. The Kier molecular flexibility index (Phi) is 4.76. The van der Waals surface area contributed by atoms with E-state index in [0.717, 1.165) is 38.1 Å². The minimum Gasteiger partial charge on any atom is -0.376 e. The highest BCUT2D eigenvalue weighted by Gasteiger charge is 2.21. The Balaban J connectivity index is 1.63. The van der Waals surface area contributed by atoms with Crippen molar-refractivity contribution in [3.05, 3.63) is 23.4 Å². The van der Waals surface area contributed by atoms with Gasteiger partial charge in [0.05, 0.1) is 6.10 Å². The standard InChI is InChI=1S/C17H27N3O/c1-3-20(12-16-5-4-8-21-16)17-13(2)9-14(11-19-17)10-18-15-6-7-15/h9,11,15-16,18H,3-8,10,12H2,1-2H3. The maximum Gasteiger partial charge on any atom is 0.131 e. The number of rotatable bonds is 7. The van der Waals surface area contributed by atoms with Crippen LogP contribution in [0.3, 0.4) is 0 Å². The molecule has 0 bridgehead atoms. The lowest BCUT2D eigenvalue weighted by Crippen LogP contribution is -2.33. The van der Waals surface area contributed by atoms with E-state index < -0.39 is 0 Å². The van der Waals surface area contributed by atoms with E-state index in [1.165, 1.54) is 36.8 Å². The summed E-state index contributed by atoms with van der Waals surface area (Å²) in [5.74, 6) is 1.11. The van der Waals surface area contributed by atoms with Crippen molar-refractivity contribution in [3.63, 3.8) is 0 Å². The Morgan fingerprint density at radius 2 is 2.24 bits per heavy atom. The van der Waals surface area contributed by atoms with Crippen molar-refractivity contribution in [1.29, 1.82) is 0 Å². The quantitative estimate of drug-likeness (QED) is 0.837. The summed E-state index contributed by atoms with van der Waals surface area (Å²) in [4.78, 5) is 7.07. The van der Waals surface area contributed by atoms with Crippen LogP contribution < -0.4 is 10.2 Å². The van der Waals surface area contributed by atoms with E-state index in [1.54, 1.807) is 0 Å². The third-order valence-electron chi connectivity index (χ3n) is 4.41. The van der Waals surface area contributed by atoms with Gasteiger partial charge in [0.15, 0.2) is 0 Å². The number of aryl methyl sites for hydroxylation is 1. The number of nitrogens with zero attached hydrogens (tertiary/aromatic N) is 2. The Hall–Kier alpha value is -1.13. The molecule has 1 aromatic heterocycles. The second kappa shape index (κ2) is 6.75. The average Bonchev–Trinajstić information content (AvgIpc) is 3.18. The minimum absolute atomic E-state index is 0.377. The molecular formula is C17H27N3O. The van der Waals surface area contributed by atoms with Gasteiger partial charge in [-0.25, -0.2) is 4.98 Å². The normalized spacial score (nSPS) is 21.7. The van der Waals surface area contributed by atoms with Crippen LogP contribution in [0.15, 0.2) is 12.3 Å². The van der Waals surface area contributed by atoms with E-state index in [0.29, 0.717) is 6.10 Å². The zero-order valence-corrected chi connectivity index (χ0v) is 13.3. The molecule has 0 amide bonds. The summed E-state index contributed by atoms with van der Waals surface area (Å²) in [6, 6.07) is 3.02. The average molecular weight is 289 g/mol. The molecule has 2 fully saturated rings. The van der Waals surface area contributed by atoms with Crippen molar-refractivity contribution in [2.45, 2.75) is 58.2 Å². The molecular weight excluding hydrogens is 262 g/mol. The number of ether oxygens (including phenoxy) is 1. The van der Waals surface area contributed by atoms with Crippen LogP contribution in [0.4, 0.5) is 5.82 Å². The van der Waals surface area contributed by atoms with Gasteiger partial charge in [-0.05, 0) is 56.7 Å². The van der Waals surface area contributed by atoms with Crippen LogP contribution in [-0.4, -0.2) is 36.8 Å². The van der Waals surface area contributed by atoms with Crippen molar-refractivity contribution in [2.75, 3.05) is 24.6 Å². The van der Waals surface area contributed by atoms with Crippen LogP contribution in [0, 0.1) is 6.92 Å². The Bertz CT molecular complexity index is 467. The summed E-state index contributed by atoms with van der Waals surface area (Å²) in [7, 11) is 0. The number of anilines is 1. The van der Waals surface area contributed by atoms with Crippen molar-refractivity contribution in [3.8, 4) is 0 Å². The van der Waals surface area contributed by atoms with E-state index in [2.05, 4.69) is 30.1 Å². The number of hydrogen-bond acceptors (Lipinski definition) is 4. The first-order chi connectivity index (χ1) is 10.3. The molecule has 0 spiro atoms. The van der Waals surface area contributed by atoms with Gasteiger partial charge in [-0.1, -0.05) is 0 Å². The van der Waals surface area contributed by atoms with Gasteiger partial charge >= 0.3 is 0 Å². The number of likely N-dealkylation sites (N-methyl/N-ethyl adjacent to an activating group) is 1. The van der Waals surface area contributed by atoms with Crippen molar-refractivity contribution in [2.24, 2.45) is 0 Å².